The second-order valence-electron chi connectivity index (χ2n) is 5.81. The zero-order chi connectivity index (χ0) is 18.8. The first-order valence-corrected chi connectivity index (χ1v) is 8.86. The fraction of sp³-hybridized carbons (Fsp3) is 0.333. The summed E-state index contributed by atoms with van der Waals surface area (Å²) < 4.78 is 11.2. The Balaban J connectivity index is 2.08. The van der Waals surface area contributed by atoms with Gasteiger partial charge < -0.3 is 14.4 Å². The van der Waals surface area contributed by atoms with Crippen molar-refractivity contribution in [3.8, 4) is 17.6 Å². The minimum absolute atomic E-state index is 0.470. The molecule has 26 heavy (non-hydrogen) atoms. The molecular weight excluding hydrogens is 328 g/mol. The maximum Gasteiger partial charge on any atom is 0.411 e. The highest BCUT2D eigenvalue weighted by Gasteiger charge is 2.20. The maximum atomic E-state index is 12.3. The molecule has 5 heteroatoms. The van der Waals surface area contributed by atoms with E-state index < -0.39 is 12.2 Å². The Hall–Kier alpha value is -3.00. The van der Waals surface area contributed by atoms with E-state index in [9.17, 15) is 10.1 Å². The summed E-state index contributed by atoms with van der Waals surface area (Å²) in [5.41, 5.74) is 0.584. The van der Waals surface area contributed by atoms with Crippen LogP contribution in [0.15, 0.2) is 54.6 Å². The number of nitriles is 1. The molecular formula is C21H24N2O3. The Bertz CT molecular complexity index is 740. The number of benzene rings is 2. The number of hydrogen-bond donors (Lipinski definition) is 0. The predicted molar refractivity (Wildman–Crippen MR) is 99.9 cm³/mol. The zero-order valence-electron chi connectivity index (χ0n) is 15.2. The lowest BCUT2D eigenvalue weighted by atomic mass is 10.1. The van der Waals surface area contributed by atoms with Crippen LogP contribution in [0.3, 0.4) is 0 Å². The van der Waals surface area contributed by atoms with Gasteiger partial charge in [0.25, 0.3) is 0 Å². The Morgan fingerprint density at radius 1 is 1.12 bits per heavy atom. The molecule has 0 N–H and O–H groups in total. The predicted octanol–water partition coefficient (Wildman–Crippen LogP) is 5.30. The van der Waals surface area contributed by atoms with Crippen LogP contribution in [-0.2, 0) is 4.74 Å². The molecule has 2 aromatic rings. The van der Waals surface area contributed by atoms with Gasteiger partial charge in [0.1, 0.15) is 17.6 Å². The molecule has 2 rings (SSSR count). The van der Waals surface area contributed by atoms with Gasteiger partial charge in [-0.05, 0) is 37.6 Å². The second kappa shape index (κ2) is 10.1. The van der Waals surface area contributed by atoms with Crippen molar-refractivity contribution in [3.05, 3.63) is 60.2 Å². The van der Waals surface area contributed by atoms with Crippen molar-refractivity contribution in [1.29, 1.82) is 5.26 Å². The van der Waals surface area contributed by atoms with Crippen LogP contribution in [0, 0.1) is 11.3 Å². The summed E-state index contributed by atoms with van der Waals surface area (Å²) in [4.78, 5) is 13.9. The van der Waals surface area contributed by atoms with Crippen molar-refractivity contribution in [3.63, 3.8) is 0 Å². The Morgan fingerprint density at radius 2 is 1.85 bits per heavy atom. The topological polar surface area (TPSA) is 62.6 Å². The van der Waals surface area contributed by atoms with Crippen LogP contribution in [0.1, 0.15) is 38.4 Å². The van der Waals surface area contributed by atoms with Gasteiger partial charge in [0.05, 0.1) is 0 Å². The average Bonchev–Trinajstić information content (AvgIpc) is 2.67. The first-order valence-electron chi connectivity index (χ1n) is 8.86. The zero-order valence-corrected chi connectivity index (χ0v) is 15.2. The lowest BCUT2D eigenvalue weighted by Crippen LogP contribution is -2.33. The summed E-state index contributed by atoms with van der Waals surface area (Å²) in [5, 5.41) is 9.45. The summed E-state index contributed by atoms with van der Waals surface area (Å²) in [5.74, 6) is 1.29. The summed E-state index contributed by atoms with van der Waals surface area (Å²) >= 11 is 0. The maximum absolute atomic E-state index is 12.3. The van der Waals surface area contributed by atoms with Gasteiger partial charge in [-0.2, -0.15) is 5.26 Å². The molecule has 0 aliphatic carbocycles. The van der Waals surface area contributed by atoms with E-state index in [2.05, 4.69) is 13.0 Å². The van der Waals surface area contributed by atoms with Gasteiger partial charge in [-0.15, -0.1) is 0 Å². The summed E-state index contributed by atoms with van der Waals surface area (Å²) in [6.45, 7) is 5.14. The molecule has 0 spiro atoms. The number of carbonyl (C=O) groups is 1. The molecule has 2 aromatic carbocycles. The molecule has 136 valence electrons. The molecule has 1 atom stereocenters. The number of rotatable bonds is 8. The van der Waals surface area contributed by atoms with Crippen molar-refractivity contribution < 1.29 is 14.3 Å². The molecule has 0 aromatic heterocycles. The number of unbranched alkanes of at least 4 members (excludes halogenated alkanes) is 1. The SMILES string of the molecule is CCCCN(CC)C(=O)OC(C#N)c1cccc(Oc2ccccc2)c1. The molecule has 0 saturated carbocycles. The fourth-order valence-corrected chi connectivity index (χ4v) is 2.44. The number of carbonyl (C=O) groups excluding carboxylic acids is 1. The third kappa shape index (κ3) is 5.52. The number of nitrogens with zero attached hydrogens (tertiary/aromatic N) is 2. The quantitative estimate of drug-likeness (QED) is 0.646. The minimum atomic E-state index is -0.975. The highest BCUT2D eigenvalue weighted by atomic mass is 16.6. The van der Waals surface area contributed by atoms with Crippen LogP contribution in [0.25, 0.3) is 0 Å². The van der Waals surface area contributed by atoms with Gasteiger partial charge in [-0.25, -0.2) is 4.79 Å². The van der Waals surface area contributed by atoms with Crippen LogP contribution in [-0.4, -0.2) is 24.1 Å². The standard InChI is InChI=1S/C21H24N2O3/c1-3-5-14-23(4-2)21(24)26-20(16-22)17-10-9-13-19(15-17)25-18-11-7-6-8-12-18/h6-13,15,20H,3-5,14H2,1-2H3. The number of ether oxygens (including phenoxy) is 2. The van der Waals surface area contributed by atoms with Crippen LogP contribution < -0.4 is 4.74 Å². The summed E-state index contributed by atoms with van der Waals surface area (Å²) in [7, 11) is 0. The van der Waals surface area contributed by atoms with Crippen molar-refractivity contribution in [1.82, 2.24) is 4.90 Å². The van der Waals surface area contributed by atoms with E-state index in [0.717, 1.165) is 12.8 Å². The van der Waals surface area contributed by atoms with Gasteiger partial charge in [0.15, 0.2) is 0 Å². The third-order valence-corrected chi connectivity index (χ3v) is 3.90. The van der Waals surface area contributed by atoms with E-state index in [0.29, 0.717) is 30.2 Å². The molecule has 0 heterocycles. The molecule has 0 aliphatic heterocycles. The van der Waals surface area contributed by atoms with E-state index in [4.69, 9.17) is 9.47 Å². The van der Waals surface area contributed by atoms with Crippen LogP contribution >= 0.6 is 0 Å². The molecule has 0 bridgehead atoms. The van der Waals surface area contributed by atoms with E-state index in [1.807, 2.05) is 37.3 Å². The third-order valence-electron chi connectivity index (χ3n) is 3.90. The Morgan fingerprint density at radius 3 is 2.50 bits per heavy atom. The van der Waals surface area contributed by atoms with Crippen LogP contribution in [0.2, 0.25) is 0 Å². The van der Waals surface area contributed by atoms with Gasteiger partial charge in [0.2, 0.25) is 6.10 Å². The van der Waals surface area contributed by atoms with E-state index in [1.54, 1.807) is 29.2 Å². The number of hydrogen-bond acceptors (Lipinski definition) is 4. The van der Waals surface area contributed by atoms with E-state index >= 15 is 0 Å². The van der Waals surface area contributed by atoms with Crippen LogP contribution in [0.5, 0.6) is 11.5 Å². The van der Waals surface area contributed by atoms with Crippen molar-refractivity contribution >= 4 is 6.09 Å². The van der Waals surface area contributed by atoms with Gasteiger partial charge in [-0.1, -0.05) is 43.7 Å². The molecule has 0 aliphatic rings. The first-order chi connectivity index (χ1) is 12.7. The Labute approximate surface area is 154 Å². The van der Waals surface area contributed by atoms with E-state index in [-0.39, 0.29) is 0 Å². The number of para-hydroxylation sites is 1. The van der Waals surface area contributed by atoms with Crippen molar-refractivity contribution in [2.45, 2.75) is 32.8 Å². The second-order valence-corrected chi connectivity index (χ2v) is 5.81. The largest absolute Gasteiger partial charge is 0.457 e. The monoisotopic (exact) mass is 352 g/mol. The highest BCUT2D eigenvalue weighted by Crippen LogP contribution is 2.26. The molecule has 0 fully saturated rings. The van der Waals surface area contributed by atoms with E-state index in [1.165, 1.54) is 0 Å². The van der Waals surface area contributed by atoms with Crippen LogP contribution in [0.4, 0.5) is 4.79 Å². The Kier molecular flexibility index (Phi) is 7.50. The summed E-state index contributed by atoms with van der Waals surface area (Å²) in [6.07, 6.45) is 0.449. The molecule has 1 amide bonds. The van der Waals surface area contributed by atoms with Gasteiger partial charge in [-0.3, -0.25) is 0 Å². The van der Waals surface area contributed by atoms with Gasteiger partial charge in [0, 0.05) is 18.7 Å². The smallest absolute Gasteiger partial charge is 0.411 e. The molecule has 5 nitrogen and oxygen atoms in total. The highest BCUT2D eigenvalue weighted by molar-refractivity contribution is 5.68. The van der Waals surface area contributed by atoms with Crippen molar-refractivity contribution in [2.75, 3.05) is 13.1 Å². The summed E-state index contributed by atoms with van der Waals surface area (Å²) in [6, 6.07) is 18.5. The first kappa shape index (κ1) is 19.3. The lowest BCUT2D eigenvalue weighted by molar-refractivity contribution is 0.0835. The normalized spacial score (nSPS) is 11.3. The molecule has 0 radical (unpaired) electrons. The minimum Gasteiger partial charge on any atom is -0.457 e. The fourth-order valence-electron chi connectivity index (χ4n) is 2.44. The lowest BCUT2D eigenvalue weighted by Gasteiger charge is -2.22. The van der Waals surface area contributed by atoms with Crippen molar-refractivity contribution in [2.24, 2.45) is 0 Å². The number of amides is 1. The molecule has 0 saturated heterocycles. The molecule has 1 unspecified atom stereocenters. The average molecular weight is 352 g/mol. The van der Waals surface area contributed by atoms with Gasteiger partial charge >= 0.3 is 6.09 Å².